The molecule has 0 saturated heterocycles. The lowest BCUT2D eigenvalue weighted by Gasteiger charge is -2.28. The van der Waals surface area contributed by atoms with Crippen molar-refractivity contribution in [3.8, 4) is 5.75 Å². The van der Waals surface area contributed by atoms with Crippen LogP contribution in [0.25, 0.3) is 0 Å². The molecule has 0 aliphatic carbocycles. The van der Waals surface area contributed by atoms with Gasteiger partial charge in [-0.15, -0.1) is 0 Å². The molecule has 26 heavy (non-hydrogen) atoms. The molecular formula is C18H30N2O4S2. The van der Waals surface area contributed by atoms with E-state index in [1.54, 1.807) is 43.0 Å². The molecule has 1 aromatic carbocycles. The molecule has 1 rings (SSSR count). The molecular weight excluding hydrogens is 372 g/mol. The normalized spacial score (nSPS) is 13.2. The van der Waals surface area contributed by atoms with Gasteiger partial charge in [-0.05, 0) is 38.1 Å². The van der Waals surface area contributed by atoms with Gasteiger partial charge in [-0.1, -0.05) is 20.8 Å². The van der Waals surface area contributed by atoms with Crippen molar-refractivity contribution in [2.24, 2.45) is 0 Å². The van der Waals surface area contributed by atoms with E-state index in [2.05, 4.69) is 26.1 Å². The van der Waals surface area contributed by atoms with Gasteiger partial charge in [-0.3, -0.25) is 9.10 Å². The zero-order valence-electron chi connectivity index (χ0n) is 16.4. The first-order chi connectivity index (χ1) is 12.0. The first-order valence-corrected chi connectivity index (χ1v) is 11.4. The van der Waals surface area contributed by atoms with Gasteiger partial charge in [0.25, 0.3) is 0 Å². The zero-order chi connectivity index (χ0) is 20.0. The van der Waals surface area contributed by atoms with Gasteiger partial charge in [0.2, 0.25) is 15.9 Å². The van der Waals surface area contributed by atoms with Crippen LogP contribution in [0.1, 0.15) is 34.6 Å². The predicted octanol–water partition coefficient (Wildman–Crippen LogP) is 2.89. The second kappa shape index (κ2) is 9.50. The van der Waals surface area contributed by atoms with E-state index in [9.17, 15) is 13.2 Å². The van der Waals surface area contributed by atoms with Crippen molar-refractivity contribution in [1.82, 2.24) is 5.32 Å². The van der Waals surface area contributed by atoms with Crippen molar-refractivity contribution >= 4 is 33.4 Å². The molecule has 1 aromatic rings. The Morgan fingerprint density at radius 2 is 1.85 bits per heavy atom. The third kappa shape index (κ3) is 7.45. The average Bonchev–Trinajstić information content (AvgIpc) is 2.51. The highest BCUT2D eigenvalue weighted by molar-refractivity contribution is 8.00. The molecule has 0 heterocycles. The lowest BCUT2D eigenvalue weighted by atomic mass is 10.2. The van der Waals surface area contributed by atoms with Crippen LogP contribution in [-0.2, 0) is 14.8 Å². The number of carbonyl (C=O) groups excluding carboxylic acids is 1. The number of rotatable bonds is 9. The summed E-state index contributed by atoms with van der Waals surface area (Å²) in [5, 5.41) is 2.82. The Kier molecular flexibility index (Phi) is 8.27. The molecule has 0 aromatic heterocycles. The summed E-state index contributed by atoms with van der Waals surface area (Å²) in [4.78, 5) is 12.4. The summed E-state index contributed by atoms with van der Waals surface area (Å²) in [6.45, 7) is 10.8. The molecule has 0 radical (unpaired) electrons. The van der Waals surface area contributed by atoms with Crippen molar-refractivity contribution in [2.75, 3.05) is 29.5 Å². The topological polar surface area (TPSA) is 75.7 Å². The van der Waals surface area contributed by atoms with Crippen LogP contribution < -0.4 is 14.4 Å². The number of ether oxygens (including phenoxy) is 1. The summed E-state index contributed by atoms with van der Waals surface area (Å²) in [7, 11) is -3.61. The lowest BCUT2D eigenvalue weighted by molar-refractivity contribution is -0.121. The minimum atomic E-state index is -3.61. The van der Waals surface area contributed by atoms with Gasteiger partial charge in [-0.25, -0.2) is 8.42 Å². The molecule has 148 valence electrons. The quantitative estimate of drug-likeness (QED) is 0.643. The molecule has 6 nitrogen and oxygen atoms in total. The van der Waals surface area contributed by atoms with Crippen molar-refractivity contribution < 1.29 is 17.9 Å². The van der Waals surface area contributed by atoms with E-state index in [0.29, 0.717) is 24.6 Å². The fourth-order valence-electron chi connectivity index (χ4n) is 2.34. The highest BCUT2D eigenvalue weighted by atomic mass is 32.2. The number of nitrogens with one attached hydrogen (secondary N) is 1. The molecule has 0 aliphatic rings. The standard InChI is InChI=1S/C18H30N2O4S2/c1-7-24-16-10-8-15(9-11-16)20(26(6,22)23)14(2)17(21)19-12-13-25-18(3,4)5/h8-11,14H,7,12-13H2,1-6H3,(H,19,21)/t14-/m0/s1. The fraction of sp³-hybridized carbons (Fsp3) is 0.611. The third-order valence-corrected chi connectivity index (χ3v) is 5.94. The Labute approximate surface area is 161 Å². The minimum Gasteiger partial charge on any atom is -0.494 e. The van der Waals surface area contributed by atoms with Gasteiger partial charge < -0.3 is 10.1 Å². The van der Waals surface area contributed by atoms with E-state index in [1.165, 1.54) is 0 Å². The highest BCUT2D eigenvalue weighted by Crippen LogP contribution is 2.24. The Balaban J connectivity index is 2.84. The summed E-state index contributed by atoms with van der Waals surface area (Å²) in [6.07, 6.45) is 1.10. The van der Waals surface area contributed by atoms with E-state index in [0.717, 1.165) is 16.3 Å². The van der Waals surface area contributed by atoms with Gasteiger partial charge in [0.15, 0.2) is 0 Å². The molecule has 0 fully saturated rings. The number of thioether (sulfide) groups is 1. The third-order valence-electron chi connectivity index (χ3n) is 3.43. The molecule has 1 amide bonds. The van der Waals surface area contributed by atoms with Gasteiger partial charge in [0, 0.05) is 17.0 Å². The second-order valence-corrected chi connectivity index (χ2v) is 10.7. The first-order valence-electron chi connectivity index (χ1n) is 8.59. The summed E-state index contributed by atoms with van der Waals surface area (Å²) < 4.78 is 31.2. The maximum absolute atomic E-state index is 12.4. The van der Waals surface area contributed by atoms with Crippen molar-refractivity contribution in [2.45, 2.75) is 45.4 Å². The van der Waals surface area contributed by atoms with Crippen LogP contribution >= 0.6 is 11.8 Å². The molecule has 0 aliphatic heterocycles. The largest absolute Gasteiger partial charge is 0.494 e. The number of sulfonamides is 1. The number of hydrogen-bond acceptors (Lipinski definition) is 5. The van der Waals surface area contributed by atoms with E-state index in [4.69, 9.17) is 4.74 Å². The Hall–Kier alpha value is -1.41. The number of anilines is 1. The maximum atomic E-state index is 12.4. The lowest BCUT2D eigenvalue weighted by Crippen LogP contribution is -2.48. The van der Waals surface area contributed by atoms with Gasteiger partial charge in [0.1, 0.15) is 11.8 Å². The summed E-state index contributed by atoms with van der Waals surface area (Å²) >= 11 is 1.74. The molecule has 0 unspecified atom stereocenters. The molecule has 8 heteroatoms. The Morgan fingerprint density at radius 3 is 2.31 bits per heavy atom. The van der Waals surface area contributed by atoms with Gasteiger partial charge >= 0.3 is 0 Å². The fourth-order valence-corrected chi connectivity index (χ4v) is 4.34. The minimum absolute atomic E-state index is 0.122. The number of hydrogen-bond donors (Lipinski definition) is 1. The number of benzene rings is 1. The first kappa shape index (κ1) is 22.6. The monoisotopic (exact) mass is 402 g/mol. The van der Waals surface area contributed by atoms with Gasteiger partial charge in [-0.2, -0.15) is 11.8 Å². The number of nitrogens with zero attached hydrogens (tertiary/aromatic N) is 1. The average molecular weight is 403 g/mol. The predicted molar refractivity (Wildman–Crippen MR) is 110 cm³/mol. The van der Waals surface area contributed by atoms with E-state index in [1.807, 2.05) is 6.92 Å². The smallest absolute Gasteiger partial charge is 0.243 e. The van der Waals surface area contributed by atoms with Crippen LogP contribution in [0.15, 0.2) is 24.3 Å². The van der Waals surface area contributed by atoms with Crippen LogP contribution in [0, 0.1) is 0 Å². The van der Waals surface area contributed by atoms with Crippen LogP contribution in [0.3, 0.4) is 0 Å². The van der Waals surface area contributed by atoms with Gasteiger partial charge in [0.05, 0.1) is 18.6 Å². The number of amides is 1. The van der Waals surface area contributed by atoms with E-state index in [-0.39, 0.29) is 10.7 Å². The molecule has 0 saturated carbocycles. The van der Waals surface area contributed by atoms with Crippen LogP contribution in [0.2, 0.25) is 0 Å². The second-order valence-electron chi connectivity index (χ2n) is 6.91. The summed E-state index contributed by atoms with van der Waals surface area (Å²) in [5.41, 5.74) is 0.433. The number of carbonyl (C=O) groups is 1. The Bertz CT molecular complexity index is 682. The molecule has 0 bridgehead atoms. The van der Waals surface area contributed by atoms with E-state index < -0.39 is 16.1 Å². The molecule has 0 spiro atoms. The molecule has 1 atom stereocenters. The summed E-state index contributed by atoms with van der Waals surface area (Å²) in [5.74, 6) is 1.10. The van der Waals surface area contributed by atoms with Crippen molar-refractivity contribution in [3.05, 3.63) is 24.3 Å². The zero-order valence-corrected chi connectivity index (χ0v) is 18.0. The highest BCUT2D eigenvalue weighted by Gasteiger charge is 2.29. The van der Waals surface area contributed by atoms with Crippen LogP contribution in [0.5, 0.6) is 5.75 Å². The van der Waals surface area contributed by atoms with E-state index >= 15 is 0 Å². The molecule has 1 N–H and O–H groups in total. The van der Waals surface area contributed by atoms with Crippen LogP contribution in [0.4, 0.5) is 5.69 Å². The Morgan fingerprint density at radius 1 is 1.27 bits per heavy atom. The maximum Gasteiger partial charge on any atom is 0.243 e. The van der Waals surface area contributed by atoms with Crippen molar-refractivity contribution in [1.29, 1.82) is 0 Å². The van der Waals surface area contributed by atoms with Crippen molar-refractivity contribution in [3.63, 3.8) is 0 Å². The summed E-state index contributed by atoms with van der Waals surface area (Å²) in [6, 6.07) is 5.84. The SMILES string of the molecule is CCOc1ccc(N([C@@H](C)C(=O)NCCSC(C)(C)C)S(C)(=O)=O)cc1. The van der Waals surface area contributed by atoms with Crippen LogP contribution in [-0.4, -0.2) is 50.3 Å².